The van der Waals surface area contributed by atoms with E-state index < -0.39 is 0 Å². The number of rotatable bonds is 7. The first-order valence-electron chi connectivity index (χ1n) is 9.34. The van der Waals surface area contributed by atoms with Gasteiger partial charge in [0.25, 0.3) is 0 Å². The maximum absolute atomic E-state index is 5.35. The number of ether oxygens (including phenoxy) is 1. The SMILES string of the molecule is CCCN1CCC(NC(=NCCC2=CCOCC2)NCC)CC1. The number of hydrogen-bond donors (Lipinski definition) is 2. The van der Waals surface area contributed by atoms with E-state index in [1.807, 2.05) is 0 Å². The topological polar surface area (TPSA) is 48.9 Å². The maximum Gasteiger partial charge on any atom is 0.191 e. The van der Waals surface area contributed by atoms with Crippen LogP contribution >= 0.6 is 0 Å². The number of aliphatic imine (C=N–C) groups is 1. The van der Waals surface area contributed by atoms with Gasteiger partial charge in [0.15, 0.2) is 5.96 Å². The molecule has 2 heterocycles. The average Bonchev–Trinajstić information content (AvgIpc) is 2.58. The lowest BCUT2D eigenvalue weighted by Gasteiger charge is -2.32. The van der Waals surface area contributed by atoms with Crippen LogP contribution in [0.5, 0.6) is 0 Å². The van der Waals surface area contributed by atoms with Crippen LogP contribution in [-0.4, -0.2) is 62.8 Å². The van der Waals surface area contributed by atoms with Crippen molar-refractivity contribution in [2.75, 3.05) is 45.9 Å². The van der Waals surface area contributed by atoms with Crippen molar-refractivity contribution < 1.29 is 4.74 Å². The van der Waals surface area contributed by atoms with E-state index in [9.17, 15) is 0 Å². The van der Waals surface area contributed by atoms with Gasteiger partial charge in [-0.3, -0.25) is 4.99 Å². The molecule has 0 radical (unpaired) electrons. The van der Waals surface area contributed by atoms with Crippen LogP contribution in [0.15, 0.2) is 16.6 Å². The van der Waals surface area contributed by atoms with Crippen LogP contribution in [0.1, 0.15) is 46.0 Å². The minimum atomic E-state index is 0.559. The minimum absolute atomic E-state index is 0.559. The normalized spacial score (nSPS) is 21.1. The summed E-state index contributed by atoms with van der Waals surface area (Å²) in [6, 6.07) is 0.559. The molecule has 23 heavy (non-hydrogen) atoms. The van der Waals surface area contributed by atoms with Gasteiger partial charge in [0.1, 0.15) is 0 Å². The molecule has 2 aliphatic rings. The van der Waals surface area contributed by atoms with Gasteiger partial charge in [0.05, 0.1) is 13.2 Å². The molecule has 0 atom stereocenters. The van der Waals surface area contributed by atoms with E-state index in [4.69, 9.17) is 9.73 Å². The molecule has 5 nitrogen and oxygen atoms in total. The third kappa shape index (κ3) is 6.92. The number of nitrogens with one attached hydrogen (secondary N) is 2. The molecule has 0 unspecified atom stereocenters. The summed E-state index contributed by atoms with van der Waals surface area (Å²) in [5.74, 6) is 0.981. The molecule has 0 aromatic rings. The Hall–Kier alpha value is -1.07. The lowest BCUT2D eigenvalue weighted by atomic mass is 10.1. The molecule has 2 N–H and O–H groups in total. The van der Waals surface area contributed by atoms with Crippen molar-refractivity contribution in [3.63, 3.8) is 0 Å². The maximum atomic E-state index is 5.35. The quantitative estimate of drug-likeness (QED) is 0.428. The molecule has 0 saturated carbocycles. The van der Waals surface area contributed by atoms with Crippen LogP contribution in [-0.2, 0) is 4.74 Å². The van der Waals surface area contributed by atoms with Crippen LogP contribution in [0.3, 0.4) is 0 Å². The van der Waals surface area contributed by atoms with Crippen LogP contribution in [0, 0.1) is 0 Å². The van der Waals surface area contributed by atoms with E-state index in [-0.39, 0.29) is 0 Å². The Bertz CT molecular complexity index is 386. The fourth-order valence-electron chi connectivity index (χ4n) is 3.23. The summed E-state index contributed by atoms with van der Waals surface area (Å²) in [5.41, 5.74) is 1.49. The van der Waals surface area contributed by atoms with Crippen molar-refractivity contribution in [3.8, 4) is 0 Å². The van der Waals surface area contributed by atoms with E-state index in [0.29, 0.717) is 6.04 Å². The third-order valence-electron chi connectivity index (χ3n) is 4.57. The predicted molar refractivity (Wildman–Crippen MR) is 97.0 cm³/mol. The van der Waals surface area contributed by atoms with Crippen molar-refractivity contribution in [1.82, 2.24) is 15.5 Å². The van der Waals surface area contributed by atoms with Crippen molar-refractivity contribution in [2.45, 2.75) is 52.0 Å². The zero-order valence-electron chi connectivity index (χ0n) is 14.9. The van der Waals surface area contributed by atoms with E-state index in [2.05, 4.69) is 35.5 Å². The van der Waals surface area contributed by atoms with Gasteiger partial charge in [0, 0.05) is 32.2 Å². The van der Waals surface area contributed by atoms with Crippen molar-refractivity contribution >= 4 is 5.96 Å². The second-order valence-corrected chi connectivity index (χ2v) is 6.46. The fraction of sp³-hybridized carbons (Fsp3) is 0.833. The number of guanidine groups is 1. The van der Waals surface area contributed by atoms with Gasteiger partial charge in [-0.25, -0.2) is 0 Å². The Labute approximate surface area is 141 Å². The summed E-state index contributed by atoms with van der Waals surface area (Å²) in [6.07, 6.45) is 8.01. The van der Waals surface area contributed by atoms with Gasteiger partial charge in [-0.15, -0.1) is 0 Å². The smallest absolute Gasteiger partial charge is 0.191 e. The molecule has 0 aliphatic carbocycles. The van der Waals surface area contributed by atoms with Crippen LogP contribution < -0.4 is 10.6 Å². The Balaban J connectivity index is 1.74. The summed E-state index contributed by atoms with van der Waals surface area (Å²) in [4.78, 5) is 7.33. The standard InChI is InChI=1S/C18H34N4O/c1-3-11-22-12-6-17(7-13-22)21-18(19-4-2)20-10-5-16-8-14-23-15-9-16/h8,17H,3-7,9-15H2,1-2H3,(H2,19,20,21). The molecule has 0 aromatic heterocycles. The molecular weight excluding hydrogens is 288 g/mol. The highest BCUT2D eigenvalue weighted by Gasteiger charge is 2.19. The number of piperidine rings is 1. The molecule has 2 rings (SSSR count). The number of likely N-dealkylation sites (tertiary alicyclic amines) is 1. The monoisotopic (exact) mass is 322 g/mol. The lowest BCUT2D eigenvalue weighted by Crippen LogP contribution is -2.48. The molecular formula is C18H34N4O. The van der Waals surface area contributed by atoms with E-state index in [0.717, 1.165) is 45.1 Å². The highest BCUT2D eigenvalue weighted by molar-refractivity contribution is 5.80. The Kier molecular flexibility index (Phi) is 8.47. The summed E-state index contributed by atoms with van der Waals surface area (Å²) in [7, 11) is 0. The second kappa shape index (κ2) is 10.7. The average molecular weight is 322 g/mol. The zero-order valence-corrected chi connectivity index (χ0v) is 14.9. The van der Waals surface area contributed by atoms with Gasteiger partial charge in [-0.05, 0) is 45.6 Å². The van der Waals surface area contributed by atoms with Crippen LogP contribution in [0.25, 0.3) is 0 Å². The molecule has 5 heteroatoms. The Morgan fingerprint density at radius 2 is 2.17 bits per heavy atom. The van der Waals surface area contributed by atoms with Crippen LogP contribution in [0.2, 0.25) is 0 Å². The summed E-state index contributed by atoms with van der Waals surface area (Å²) >= 11 is 0. The van der Waals surface area contributed by atoms with E-state index in [1.165, 1.54) is 44.5 Å². The molecule has 1 saturated heterocycles. The highest BCUT2D eigenvalue weighted by atomic mass is 16.5. The van der Waals surface area contributed by atoms with Gasteiger partial charge in [-0.2, -0.15) is 0 Å². The van der Waals surface area contributed by atoms with Crippen molar-refractivity contribution in [2.24, 2.45) is 4.99 Å². The number of nitrogens with zero attached hydrogens (tertiary/aromatic N) is 2. The van der Waals surface area contributed by atoms with Gasteiger partial charge in [0.2, 0.25) is 0 Å². The van der Waals surface area contributed by atoms with Gasteiger partial charge in [-0.1, -0.05) is 18.6 Å². The highest BCUT2D eigenvalue weighted by Crippen LogP contribution is 2.12. The van der Waals surface area contributed by atoms with Crippen LogP contribution in [0.4, 0.5) is 0 Å². The predicted octanol–water partition coefficient (Wildman–Crippen LogP) is 2.15. The third-order valence-corrected chi connectivity index (χ3v) is 4.57. The molecule has 0 spiro atoms. The first kappa shape index (κ1) is 18.3. The molecule has 0 aromatic carbocycles. The summed E-state index contributed by atoms with van der Waals surface area (Å²) < 4.78 is 5.35. The minimum Gasteiger partial charge on any atom is -0.377 e. The molecule has 132 valence electrons. The molecule has 0 amide bonds. The Morgan fingerprint density at radius 1 is 1.35 bits per heavy atom. The Morgan fingerprint density at radius 3 is 2.83 bits per heavy atom. The van der Waals surface area contributed by atoms with E-state index in [1.54, 1.807) is 0 Å². The van der Waals surface area contributed by atoms with Gasteiger partial charge < -0.3 is 20.3 Å². The van der Waals surface area contributed by atoms with E-state index >= 15 is 0 Å². The molecule has 1 fully saturated rings. The fourth-order valence-corrected chi connectivity index (χ4v) is 3.23. The summed E-state index contributed by atoms with van der Waals surface area (Å²) in [6.45, 7) is 11.4. The van der Waals surface area contributed by atoms with Gasteiger partial charge >= 0.3 is 0 Å². The van der Waals surface area contributed by atoms with Crippen molar-refractivity contribution in [3.05, 3.63) is 11.6 Å². The van der Waals surface area contributed by atoms with Crippen molar-refractivity contribution in [1.29, 1.82) is 0 Å². The largest absolute Gasteiger partial charge is 0.377 e. The summed E-state index contributed by atoms with van der Waals surface area (Å²) in [5, 5.41) is 7.01. The second-order valence-electron chi connectivity index (χ2n) is 6.46. The number of hydrogen-bond acceptors (Lipinski definition) is 3. The lowest BCUT2D eigenvalue weighted by molar-refractivity contribution is 0.153. The zero-order chi connectivity index (χ0) is 16.3. The first-order chi connectivity index (χ1) is 11.3. The first-order valence-corrected chi connectivity index (χ1v) is 9.34. The molecule has 0 bridgehead atoms. The molecule has 2 aliphatic heterocycles.